The van der Waals surface area contributed by atoms with Crippen LogP contribution in [0.1, 0.15) is 49.7 Å². The van der Waals surface area contributed by atoms with Gasteiger partial charge in [-0.15, -0.1) is 11.3 Å². The molecule has 3 saturated heterocycles. The quantitative estimate of drug-likeness (QED) is 0.873. The van der Waals surface area contributed by atoms with E-state index in [4.69, 9.17) is 0 Å². The highest BCUT2D eigenvalue weighted by molar-refractivity contribution is 7.09. The highest BCUT2D eigenvalue weighted by atomic mass is 32.1. The molecule has 5 nitrogen and oxygen atoms in total. The Kier molecular flexibility index (Phi) is 5.39. The van der Waals surface area contributed by atoms with Gasteiger partial charge in [-0.2, -0.15) is 0 Å². The Morgan fingerprint density at radius 3 is 2.60 bits per heavy atom. The lowest BCUT2D eigenvalue weighted by molar-refractivity contribution is -0.134. The van der Waals surface area contributed by atoms with E-state index in [0.717, 1.165) is 45.6 Å². The van der Waals surface area contributed by atoms with Crippen LogP contribution in [0.2, 0.25) is 0 Å². The number of hydrogen-bond donors (Lipinski definition) is 1. The largest absolute Gasteiger partial charge is 0.340 e. The number of piperidine rings is 1. The molecule has 3 aliphatic rings. The van der Waals surface area contributed by atoms with Gasteiger partial charge >= 0.3 is 0 Å². The van der Waals surface area contributed by atoms with Crippen molar-refractivity contribution in [2.75, 3.05) is 26.2 Å². The summed E-state index contributed by atoms with van der Waals surface area (Å²) < 4.78 is 0. The van der Waals surface area contributed by atoms with E-state index < -0.39 is 0 Å². The lowest BCUT2D eigenvalue weighted by atomic mass is 9.89. The maximum absolute atomic E-state index is 12.7. The minimum Gasteiger partial charge on any atom is -0.340 e. The Balaban J connectivity index is 1.22. The molecule has 1 amide bonds. The van der Waals surface area contributed by atoms with Crippen molar-refractivity contribution in [3.05, 3.63) is 16.1 Å². The van der Waals surface area contributed by atoms with Crippen LogP contribution >= 0.6 is 11.3 Å². The maximum Gasteiger partial charge on any atom is 0.222 e. The van der Waals surface area contributed by atoms with E-state index in [0.29, 0.717) is 23.9 Å². The van der Waals surface area contributed by atoms with Crippen molar-refractivity contribution in [1.29, 1.82) is 0 Å². The first kappa shape index (κ1) is 17.4. The molecule has 0 aliphatic carbocycles. The summed E-state index contributed by atoms with van der Waals surface area (Å²) in [5.74, 6) is 0.986. The zero-order chi connectivity index (χ0) is 17.2. The van der Waals surface area contributed by atoms with Gasteiger partial charge in [-0.1, -0.05) is 6.92 Å². The lowest BCUT2D eigenvalue weighted by Gasteiger charge is -2.36. The molecule has 1 N–H and O–H groups in total. The Labute approximate surface area is 154 Å². The van der Waals surface area contributed by atoms with Crippen molar-refractivity contribution in [2.45, 2.75) is 64.1 Å². The molecule has 0 spiro atoms. The van der Waals surface area contributed by atoms with E-state index in [-0.39, 0.29) is 0 Å². The Bertz CT molecular complexity index is 584. The predicted molar refractivity (Wildman–Crippen MR) is 101 cm³/mol. The van der Waals surface area contributed by atoms with Crippen LogP contribution in [0.4, 0.5) is 0 Å². The molecule has 4 rings (SSSR count). The number of carbonyl (C=O) groups is 1. The standard InChI is InChI=1S/C19H30N4OS/c1-2-18-21-17(13-25-18)12-22-5-7-23(8-6-22)19(24)11-14-9-15-3-4-16(10-14)20-15/h13-16,20H,2-12H2,1H3. The second-order valence-corrected chi connectivity index (χ2v) is 8.87. The predicted octanol–water partition coefficient (Wildman–Crippen LogP) is 2.27. The van der Waals surface area contributed by atoms with E-state index in [2.05, 4.69) is 32.4 Å². The highest BCUT2D eigenvalue weighted by Crippen LogP contribution is 2.33. The first-order valence-electron chi connectivity index (χ1n) is 9.89. The molecule has 0 saturated carbocycles. The third-order valence-electron chi connectivity index (χ3n) is 6.05. The molecule has 25 heavy (non-hydrogen) atoms. The fraction of sp³-hybridized carbons (Fsp3) is 0.789. The van der Waals surface area contributed by atoms with Gasteiger partial charge < -0.3 is 10.2 Å². The minimum absolute atomic E-state index is 0.382. The Morgan fingerprint density at radius 2 is 1.96 bits per heavy atom. The number of hydrogen-bond acceptors (Lipinski definition) is 5. The molecule has 0 aromatic carbocycles. The summed E-state index contributed by atoms with van der Waals surface area (Å²) in [4.78, 5) is 21.9. The summed E-state index contributed by atoms with van der Waals surface area (Å²) in [6, 6.07) is 1.36. The molecule has 4 heterocycles. The zero-order valence-corrected chi connectivity index (χ0v) is 16.1. The van der Waals surface area contributed by atoms with Crippen LogP contribution in [0.5, 0.6) is 0 Å². The van der Waals surface area contributed by atoms with E-state index in [1.807, 2.05) is 0 Å². The van der Waals surface area contributed by atoms with Crippen molar-refractivity contribution < 1.29 is 4.79 Å². The van der Waals surface area contributed by atoms with E-state index in [9.17, 15) is 4.79 Å². The normalized spacial score (nSPS) is 30.0. The number of fused-ring (bicyclic) bond motifs is 2. The number of amides is 1. The first-order valence-corrected chi connectivity index (χ1v) is 10.8. The molecular weight excluding hydrogens is 332 g/mol. The Hall–Kier alpha value is -0.980. The van der Waals surface area contributed by atoms with E-state index in [1.54, 1.807) is 11.3 Å². The van der Waals surface area contributed by atoms with Crippen molar-refractivity contribution in [3.63, 3.8) is 0 Å². The van der Waals surface area contributed by atoms with Crippen LogP contribution in [0.15, 0.2) is 5.38 Å². The summed E-state index contributed by atoms with van der Waals surface area (Å²) in [6.07, 6.45) is 6.80. The summed E-state index contributed by atoms with van der Waals surface area (Å²) in [6.45, 7) is 6.78. The van der Waals surface area contributed by atoms with Gasteiger partial charge in [-0.05, 0) is 38.0 Å². The second kappa shape index (κ2) is 7.72. The number of piperazine rings is 1. The van der Waals surface area contributed by atoms with Gasteiger partial charge in [0.1, 0.15) is 0 Å². The molecule has 1 aromatic heterocycles. The summed E-state index contributed by atoms with van der Waals surface area (Å²) in [5, 5.41) is 7.08. The monoisotopic (exact) mass is 362 g/mol. The van der Waals surface area contributed by atoms with Crippen LogP contribution in [-0.4, -0.2) is 59.0 Å². The second-order valence-electron chi connectivity index (χ2n) is 7.92. The topological polar surface area (TPSA) is 48.5 Å². The molecule has 2 bridgehead atoms. The van der Waals surface area contributed by atoms with Crippen LogP contribution < -0.4 is 5.32 Å². The van der Waals surface area contributed by atoms with Gasteiger partial charge in [0.2, 0.25) is 5.91 Å². The van der Waals surface area contributed by atoms with Crippen molar-refractivity contribution in [2.24, 2.45) is 5.92 Å². The van der Waals surface area contributed by atoms with Gasteiger partial charge in [0.05, 0.1) is 10.7 Å². The molecule has 1 aromatic rings. The SMILES string of the molecule is CCc1nc(CN2CCN(C(=O)CC3CC4CCC(C3)N4)CC2)cs1. The van der Waals surface area contributed by atoms with Crippen LogP contribution in [0, 0.1) is 5.92 Å². The average Bonchev–Trinajstić information content (AvgIpc) is 3.21. The number of aryl methyl sites for hydroxylation is 1. The van der Waals surface area contributed by atoms with Gasteiger partial charge in [0, 0.05) is 56.6 Å². The number of carbonyl (C=O) groups excluding carboxylic acids is 1. The molecular formula is C19H30N4OS. The van der Waals surface area contributed by atoms with Crippen LogP contribution in [-0.2, 0) is 17.8 Å². The van der Waals surface area contributed by atoms with Gasteiger partial charge in [-0.25, -0.2) is 4.98 Å². The Morgan fingerprint density at radius 1 is 1.24 bits per heavy atom. The fourth-order valence-electron chi connectivity index (χ4n) is 4.69. The summed E-state index contributed by atoms with van der Waals surface area (Å²) in [5.41, 5.74) is 1.19. The van der Waals surface area contributed by atoms with Gasteiger partial charge in [0.25, 0.3) is 0 Å². The number of thiazole rings is 1. The van der Waals surface area contributed by atoms with E-state index >= 15 is 0 Å². The highest BCUT2D eigenvalue weighted by Gasteiger charge is 2.35. The summed E-state index contributed by atoms with van der Waals surface area (Å²) >= 11 is 1.76. The van der Waals surface area contributed by atoms with Gasteiger partial charge in [-0.3, -0.25) is 9.69 Å². The zero-order valence-electron chi connectivity index (χ0n) is 15.2. The van der Waals surface area contributed by atoms with Crippen molar-refractivity contribution in [3.8, 4) is 0 Å². The van der Waals surface area contributed by atoms with E-state index in [1.165, 1.54) is 36.4 Å². The minimum atomic E-state index is 0.382. The lowest BCUT2D eigenvalue weighted by Crippen LogP contribution is -2.49. The van der Waals surface area contributed by atoms with Crippen molar-refractivity contribution in [1.82, 2.24) is 20.1 Å². The number of nitrogens with zero attached hydrogens (tertiary/aromatic N) is 3. The molecule has 3 fully saturated rings. The number of aromatic nitrogens is 1. The molecule has 3 aliphatic heterocycles. The molecule has 6 heteroatoms. The van der Waals surface area contributed by atoms with Gasteiger partial charge in [0.15, 0.2) is 0 Å². The molecule has 2 atom stereocenters. The maximum atomic E-state index is 12.7. The van der Waals surface area contributed by atoms with Crippen LogP contribution in [0.3, 0.4) is 0 Å². The summed E-state index contributed by atoms with van der Waals surface area (Å²) in [7, 11) is 0. The number of nitrogens with one attached hydrogen (secondary N) is 1. The third-order valence-corrected chi connectivity index (χ3v) is 7.09. The average molecular weight is 363 g/mol. The number of rotatable bonds is 5. The van der Waals surface area contributed by atoms with Crippen molar-refractivity contribution >= 4 is 17.2 Å². The first-order chi connectivity index (χ1) is 12.2. The fourth-order valence-corrected chi connectivity index (χ4v) is 5.42. The van der Waals surface area contributed by atoms with Crippen LogP contribution in [0.25, 0.3) is 0 Å². The molecule has 138 valence electrons. The molecule has 2 unspecified atom stereocenters. The smallest absolute Gasteiger partial charge is 0.222 e. The third kappa shape index (κ3) is 4.23. The molecule has 0 radical (unpaired) electrons.